The molecule has 0 aromatic rings. The highest BCUT2D eigenvalue weighted by atomic mass is 16.5. The van der Waals surface area contributed by atoms with E-state index in [2.05, 4.69) is 22.2 Å². The number of hydrazine groups is 1. The van der Waals surface area contributed by atoms with E-state index in [9.17, 15) is 0 Å². The normalized spacial score (nSPS) is 20.4. The summed E-state index contributed by atoms with van der Waals surface area (Å²) in [7, 11) is 3.71. The van der Waals surface area contributed by atoms with Crippen LogP contribution in [-0.2, 0) is 4.74 Å². The van der Waals surface area contributed by atoms with Crippen LogP contribution in [0.4, 0.5) is 0 Å². The molecule has 2 unspecified atom stereocenters. The minimum Gasteiger partial charge on any atom is -0.382 e. The summed E-state index contributed by atoms with van der Waals surface area (Å²) >= 11 is 0. The first-order valence-corrected chi connectivity index (χ1v) is 5.86. The minimum absolute atomic E-state index is 0.116. The monoisotopic (exact) mass is 228 g/mol. The second-order valence-corrected chi connectivity index (χ2v) is 4.59. The average Bonchev–Trinajstić information content (AvgIpc) is 3.08. The number of nitrogens with two attached hydrogens (primary N) is 1. The zero-order valence-electron chi connectivity index (χ0n) is 10.7. The molecule has 16 heavy (non-hydrogen) atoms. The molecule has 0 saturated heterocycles. The summed E-state index contributed by atoms with van der Waals surface area (Å²) in [5.41, 5.74) is 2.68. The molecule has 0 radical (unpaired) electrons. The molecule has 2 atom stereocenters. The molecule has 0 aliphatic heterocycles. The van der Waals surface area contributed by atoms with Crippen LogP contribution in [0, 0.1) is 5.92 Å². The quantitative estimate of drug-likeness (QED) is 0.312. The van der Waals surface area contributed by atoms with Crippen molar-refractivity contribution in [2.24, 2.45) is 16.8 Å². The maximum Gasteiger partial charge on any atom is 0.208 e. The lowest BCUT2D eigenvalue weighted by molar-refractivity contribution is 0.185. The molecular weight excluding hydrogens is 204 g/mol. The zero-order chi connectivity index (χ0) is 12.1. The molecule has 5 heteroatoms. The number of methoxy groups -OCH3 is 1. The van der Waals surface area contributed by atoms with E-state index >= 15 is 0 Å². The van der Waals surface area contributed by atoms with Gasteiger partial charge in [0.25, 0.3) is 0 Å². The number of nitrogens with one attached hydrogen (secondary N) is 1. The van der Waals surface area contributed by atoms with Gasteiger partial charge in [0.05, 0.1) is 12.6 Å². The van der Waals surface area contributed by atoms with E-state index < -0.39 is 0 Å². The summed E-state index contributed by atoms with van der Waals surface area (Å²) in [6, 6.07) is 0.606. The number of hydrogen-bond donors (Lipinski definition) is 2. The van der Waals surface area contributed by atoms with Crippen LogP contribution >= 0.6 is 0 Å². The van der Waals surface area contributed by atoms with Gasteiger partial charge >= 0.3 is 0 Å². The third-order valence-electron chi connectivity index (χ3n) is 3.13. The lowest BCUT2D eigenvalue weighted by Crippen LogP contribution is -2.48. The smallest absolute Gasteiger partial charge is 0.208 e. The Morgan fingerprint density at radius 2 is 2.19 bits per heavy atom. The number of aliphatic imine (C=N–C) groups is 1. The molecule has 1 rings (SSSR count). The second kappa shape index (κ2) is 6.06. The molecule has 0 spiro atoms. The number of guanidine groups is 1. The van der Waals surface area contributed by atoms with E-state index in [0.717, 1.165) is 11.9 Å². The average molecular weight is 228 g/mol. The van der Waals surface area contributed by atoms with Crippen molar-refractivity contribution in [2.45, 2.75) is 38.8 Å². The Bertz CT molecular complexity index is 240. The highest BCUT2D eigenvalue weighted by Crippen LogP contribution is 2.34. The summed E-state index contributed by atoms with van der Waals surface area (Å²) < 4.78 is 5.05. The Hall–Kier alpha value is -0.810. The van der Waals surface area contributed by atoms with Gasteiger partial charge in [0.2, 0.25) is 5.96 Å². The van der Waals surface area contributed by atoms with Crippen LogP contribution in [-0.4, -0.2) is 43.7 Å². The van der Waals surface area contributed by atoms with Crippen LogP contribution in [0.2, 0.25) is 0 Å². The van der Waals surface area contributed by atoms with Gasteiger partial charge < -0.3 is 9.64 Å². The van der Waals surface area contributed by atoms with E-state index in [1.807, 2.05) is 14.0 Å². The van der Waals surface area contributed by atoms with Crippen LogP contribution in [0.5, 0.6) is 0 Å². The number of nitrogens with zero attached hydrogens (tertiary/aromatic N) is 2. The fourth-order valence-electron chi connectivity index (χ4n) is 1.81. The summed E-state index contributed by atoms with van der Waals surface area (Å²) in [4.78, 5) is 6.61. The van der Waals surface area contributed by atoms with Gasteiger partial charge in [-0.2, -0.15) is 0 Å². The molecule has 3 N–H and O–H groups in total. The maximum absolute atomic E-state index is 5.51. The van der Waals surface area contributed by atoms with Gasteiger partial charge in [0, 0.05) is 20.2 Å². The van der Waals surface area contributed by atoms with Crippen molar-refractivity contribution in [3.8, 4) is 0 Å². The summed E-state index contributed by atoms with van der Waals surface area (Å²) in [6.07, 6.45) is 2.63. The third-order valence-corrected chi connectivity index (χ3v) is 3.13. The van der Waals surface area contributed by atoms with Crippen molar-refractivity contribution in [3.05, 3.63) is 0 Å². The van der Waals surface area contributed by atoms with Crippen molar-refractivity contribution in [1.29, 1.82) is 0 Å². The van der Waals surface area contributed by atoms with Gasteiger partial charge in [-0.3, -0.25) is 5.43 Å². The van der Waals surface area contributed by atoms with E-state index in [0.29, 0.717) is 12.6 Å². The summed E-state index contributed by atoms with van der Waals surface area (Å²) in [5.74, 6) is 7.05. The zero-order valence-corrected chi connectivity index (χ0v) is 10.7. The van der Waals surface area contributed by atoms with Crippen molar-refractivity contribution in [2.75, 3.05) is 20.8 Å². The minimum atomic E-state index is 0.116. The predicted molar refractivity (Wildman–Crippen MR) is 66.0 cm³/mol. The molecule has 1 aliphatic carbocycles. The molecule has 1 aliphatic rings. The van der Waals surface area contributed by atoms with E-state index in [1.165, 1.54) is 12.8 Å². The van der Waals surface area contributed by atoms with Gasteiger partial charge in [-0.15, -0.1) is 0 Å². The van der Waals surface area contributed by atoms with Gasteiger partial charge in [-0.1, -0.05) is 0 Å². The first kappa shape index (κ1) is 13.3. The Morgan fingerprint density at radius 1 is 1.56 bits per heavy atom. The van der Waals surface area contributed by atoms with Crippen LogP contribution in [0.15, 0.2) is 4.99 Å². The Kier molecular flexibility index (Phi) is 5.02. The van der Waals surface area contributed by atoms with Crippen molar-refractivity contribution < 1.29 is 4.74 Å². The van der Waals surface area contributed by atoms with Gasteiger partial charge in [0.1, 0.15) is 0 Å². The van der Waals surface area contributed by atoms with Crippen LogP contribution in [0.1, 0.15) is 26.7 Å². The molecule has 5 nitrogen and oxygen atoms in total. The summed E-state index contributed by atoms with van der Waals surface area (Å²) in [6.45, 7) is 4.83. The molecule has 0 amide bonds. The van der Waals surface area contributed by atoms with Gasteiger partial charge in [0.15, 0.2) is 0 Å². The Morgan fingerprint density at radius 3 is 2.62 bits per heavy atom. The van der Waals surface area contributed by atoms with E-state index in [-0.39, 0.29) is 6.04 Å². The lowest BCUT2D eigenvalue weighted by atomic mass is 10.2. The number of hydrogen-bond acceptors (Lipinski definition) is 3. The molecule has 0 aromatic heterocycles. The van der Waals surface area contributed by atoms with Gasteiger partial charge in [-0.05, 0) is 32.6 Å². The predicted octanol–water partition coefficient (Wildman–Crippen LogP) is 0.571. The van der Waals surface area contributed by atoms with Crippen LogP contribution in [0.25, 0.3) is 0 Å². The fourth-order valence-corrected chi connectivity index (χ4v) is 1.81. The third kappa shape index (κ3) is 3.64. The highest BCUT2D eigenvalue weighted by Gasteiger charge is 2.31. The highest BCUT2D eigenvalue weighted by molar-refractivity contribution is 5.79. The van der Waals surface area contributed by atoms with Crippen LogP contribution < -0.4 is 11.3 Å². The van der Waals surface area contributed by atoms with Crippen LogP contribution in [0.3, 0.4) is 0 Å². The molecule has 1 fully saturated rings. The largest absolute Gasteiger partial charge is 0.382 e. The van der Waals surface area contributed by atoms with E-state index in [1.54, 1.807) is 7.11 Å². The van der Waals surface area contributed by atoms with Crippen molar-refractivity contribution >= 4 is 5.96 Å². The molecule has 94 valence electrons. The number of ether oxygens (including phenoxy) is 1. The van der Waals surface area contributed by atoms with Gasteiger partial charge in [-0.25, -0.2) is 10.8 Å². The number of rotatable bonds is 5. The first-order valence-electron chi connectivity index (χ1n) is 5.86. The van der Waals surface area contributed by atoms with Crippen molar-refractivity contribution in [1.82, 2.24) is 10.3 Å². The molecular formula is C11H24N4O. The fraction of sp³-hybridized carbons (Fsp3) is 0.909. The topological polar surface area (TPSA) is 62.9 Å². The lowest BCUT2D eigenvalue weighted by Gasteiger charge is -2.28. The SMILES string of the molecule is COCC(C)N=C(NN)N(C)C(C)C1CC1. The molecule has 0 heterocycles. The second-order valence-electron chi connectivity index (χ2n) is 4.59. The Labute approximate surface area is 98.0 Å². The first-order chi connectivity index (χ1) is 7.60. The van der Waals surface area contributed by atoms with E-state index in [4.69, 9.17) is 10.6 Å². The summed E-state index contributed by atoms with van der Waals surface area (Å²) in [5, 5.41) is 0. The molecule has 1 saturated carbocycles. The Balaban J connectivity index is 2.56. The molecule has 0 aromatic carbocycles. The maximum atomic E-state index is 5.51. The van der Waals surface area contributed by atoms with Crippen molar-refractivity contribution in [3.63, 3.8) is 0 Å². The standard InChI is InChI=1S/C11H24N4O/c1-8(7-16-4)13-11(14-12)15(3)9(2)10-5-6-10/h8-10H,5-7,12H2,1-4H3,(H,13,14). The molecule has 0 bridgehead atoms.